The molecule has 32 heavy (non-hydrogen) atoms. The standard InChI is InChI=1S/C25H29NO6/c1-28-19-7-5-16(13-21(19)30-3)24(27)32-18-9-10-25(11-12-26-23(25)15-18)17-6-8-20(29-2)22(14-17)31-4/h5-9,13-14,23,26H,10-12,15H2,1-4H3/t23-,25-/m0/s1. The van der Waals surface area contributed by atoms with Crippen LogP contribution in [0.4, 0.5) is 0 Å². The van der Waals surface area contributed by atoms with Gasteiger partial charge in [-0.15, -0.1) is 0 Å². The molecule has 0 spiro atoms. The Bertz CT molecular complexity index is 1030. The largest absolute Gasteiger partial charge is 0.493 e. The molecule has 2 aromatic rings. The predicted molar refractivity (Wildman–Crippen MR) is 120 cm³/mol. The average Bonchev–Trinajstić information content (AvgIpc) is 3.27. The molecule has 2 aliphatic rings. The summed E-state index contributed by atoms with van der Waals surface area (Å²) in [6.45, 7) is 0.907. The number of methoxy groups -OCH3 is 4. The number of ether oxygens (including phenoxy) is 5. The van der Waals surface area contributed by atoms with Crippen molar-refractivity contribution in [2.24, 2.45) is 0 Å². The molecule has 7 nitrogen and oxygen atoms in total. The van der Waals surface area contributed by atoms with Gasteiger partial charge in [0.25, 0.3) is 0 Å². The van der Waals surface area contributed by atoms with E-state index in [9.17, 15) is 4.79 Å². The minimum absolute atomic E-state index is 0.0706. The van der Waals surface area contributed by atoms with Crippen LogP contribution in [0, 0.1) is 0 Å². The zero-order valence-electron chi connectivity index (χ0n) is 18.9. The second-order valence-electron chi connectivity index (χ2n) is 8.02. The van der Waals surface area contributed by atoms with Gasteiger partial charge in [0.2, 0.25) is 0 Å². The van der Waals surface area contributed by atoms with Gasteiger partial charge < -0.3 is 29.0 Å². The third-order valence-electron chi connectivity index (χ3n) is 6.53. The predicted octanol–water partition coefficient (Wildman–Crippen LogP) is 3.86. The molecule has 0 aromatic heterocycles. The number of esters is 1. The fourth-order valence-corrected chi connectivity index (χ4v) is 4.77. The molecule has 170 valence electrons. The van der Waals surface area contributed by atoms with E-state index in [0.717, 1.165) is 25.1 Å². The molecule has 0 unspecified atom stereocenters. The highest BCUT2D eigenvalue weighted by Crippen LogP contribution is 2.46. The third kappa shape index (κ3) is 3.88. The summed E-state index contributed by atoms with van der Waals surface area (Å²) in [7, 11) is 6.38. The molecule has 4 rings (SSSR count). The minimum Gasteiger partial charge on any atom is -0.493 e. The summed E-state index contributed by atoms with van der Waals surface area (Å²) >= 11 is 0. The zero-order chi connectivity index (χ0) is 22.7. The van der Waals surface area contributed by atoms with Crippen LogP contribution >= 0.6 is 0 Å². The molecule has 1 aliphatic heterocycles. The second-order valence-corrected chi connectivity index (χ2v) is 8.02. The van der Waals surface area contributed by atoms with E-state index in [4.69, 9.17) is 23.7 Å². The number of hydrogen-bond donors (Lipinski definition) is 1. The van der Waals surface area contributed by atoms with Crippen LogP contribution in [0.1, 0.15) is 35.2 Å². The number of fused-ring (bicyclic) bond motifs is 1. The smallest absolute Gasteiger partial charge is 0.343 e. The monoisotopic (exact) mass is 439 g/mol. The van der Waals surface area contributed by atoms with Gasteiger partial charge in [-0.25, -0.2) is 4.79 Å². The van der Waals surface area contributed by atoms with Crippen molar-refractivity contribution >= 4 is 5.97 Å². The van der Waals surface area contributed by atoms with Crippen molar-refractivity contribution in [1.29, 1.82) is 0 Å². The minimum atomic E-state index is -0.409. The van der Waals surface area contributed by atoms with E-state index in [1.54, 1.807) is 39.5 Å². The van der Waals surface area contributed by atoms with Gasteiger partial charge in [-0.2, -0.15) is 0 Å². The summed E-state index contributed by atoms with van der Waals surface area (Å²) < 4.78 is 27.2. The van der Waals surface area contributed by atoms with Crippen molar-refractivity contribution in [3.05, 3.63) is 59.4 Å². The van der Waals surface area contributed by atoms with Crippen LogP contribution in [-0.2, 0) is 10.2 Å². The fraction of sp³-hybridized carbons (Fsp3) is 0.400. The van der Waals surface area contributed by atoms with E-state index < -0.39 is 5.97 Å². The maximum absolute atomic E-state index is 12.8. The Labute approximate surface area is 188 Å². The number of hydrogen-bond acceptors (Lipinski definition) is 7. The summed E-state index contributed by atoms with van der Waals surface area (Å²) in [4.78, 5) is 12.8. The topological polar surface area (TPSA) is 75.3 Å². The Morgan fingerprint density at radius 1 is 0.906 bits per heavy atom. The highest BCUT2D eigenvalue weighted by molar-refractivity contribution is 5.91. The summed E-state index contributed by atoms with van der Waals surface area (Å²) in [5.41, 5.74) is 1.55. The van der Waals surface area contributed by atoms with E-state index >= 15 is 0 Å². The van der Waals surface area contributed by atoms with Gasteiger partial charge >= 0.3 is 5.97 Å². The molecule has 0 radical (unpaired) electrons. The van der Waals surface area contributed by atoms with Crippen LogP contribution in [0.5, 0.6) is 23.0 Å². The first kappa shape index (κ1) is 22.0. The lowest BCUT2D eigenvalue weighted by Gasteiger charge is -2.38. The average molecular weight is 440 g/mol. The Hall–Kier alpha value is -3.19. The molecular formula is C25H29NO6. The molecule has 1 saturated heterocycles. The molecule has 1 heterocycles. The van der Waals surface area contributed by atoms with Crippen LogP contribution in [0.2, 0.25) is 0 Å². The normalized spacial score (nSPS) is 21.9. The quantitative estimate of drug-likeness (QED) is 0.657. The first-order valence-electron chi connectivity index (χ1n) is 10.6. The van der Waals surface area contributed by atoms with Gasteiger partial charge in [-0.1, -0.05) is 6.07 Å². The first-order valence-corrected chi connectivity index (χ1v) is 10.6. The molecule has 2 atom stereocenters. The Morgan fingerprint density at radius 2 is 1.56 bits per heavy atom. The van der Waals surface area contributed by atoms with Gasteiger partial charge in [-0.3, -0.25) is 0 Å². The molecule has 2 aromatic carbocycles. The number of allylic oxidation sites excluding steroid dienone is 1. The van der Waals surface area contributed by atoms with Gasteiger partial charge in [0, 0.05) is 17.9 Å². The van der Waals surface area contributed by atoms with Crippen LogP contribution in [0.25, 0.3) is 0 Å². The van der Waals surface area contributed by atoms with Crippen LogP contribution in [-0.4, -0.2) is 47.0 Å². The Kier molecular flexibility index (Phi) is 6.28. The third-order valence-corrected chi connectivity index (χ3v) is 6.53. The number of rotatable bonds is 7. The van der Waals surface area contributed by atoms with E-state index in [1.807, 2.05) is 12.1 Å². The van der Waals surface area contributed by atoms with Crippen molar-refractivity contribution in [2.75, 3.05) is 35.0 Å². The number of benzene rings is 2. The molecule has 0 bridgehead atoms. The van der Waals surface area contributed by atoms with E-state index in [2.05, 4.69) is 17.4 Å². The summed E-state index contributed by atoms with van der Waals surface area (Å²) in [6.07, 6.45) is 4.45. The molecule has 0 amide bonds. The molecule has 1 fully saturated rings. The first-order chi connectivity index (χ1) is 15.5. The molecular weight excluding hydrogens is 410 g/mol. The number of nitrogens with one attached hydrogen (secondary N) is 1. The lowest BCUT2D eigenvalue weighted by molar-refractivity contribution is 0.0595. The highest BCUT2D eigenvalue weighted by atomic mass is 16.5. The van der Waals surface area contributed by atoms with Gasteiger partial charge in [-0.05, 0) is 61.4 Å². The summed E-state index contributed by atoms with van der Waals surface area (Å²) in [5, 5.41) is 3.60. The molecule has 1 aliphatic carbocycles. The van der Waals surface area contributed by atoms with Crippen molar-refractivity contribution in [2.45, 2.75) is 30.7 Å². The Morgan fingerprint density at radius 3 is 2.25 bits per heavy atom. The van der Waals surface area contributed by atoms with Crippen LogP contribution in [0.15, 0.2) is 48.2 Å². The van der Waals surface area contributed by atoms with Gasteiger partial charge in [0.1, 0.15) is 5.76 Å². The van der Waals surface area contributed by atoms with Crippen molar-refractivity contribution in [1.82, 2.24) is 5.32 Å². The van der Waals surface area contributed by atoms with E-state index in [0.29, 0.717) is 35.0 Å². The van der Waals surface area contributed by atoms with Crippen molar-refractivity contribution in [3.8, 4) is 23.0 Å². The molecule has 0 saturated carbocycles. The van der Waals surface area contributed by atoms with E-state index in [1.165, 1.54) is 12.7 Å². The summed E-state index contributed by atoms with van der Waals surface area (Å²) in [5.74, 6) is 2.76. The number of carbonyl (C=O) groups excluding carboxylic acids is 1. The van der Waals surface area contributed by atoms with Crippen molar-refractivity contribution in [3.63, 3.8) is 0 Å². The maximum Gasteiger partial charge on any atom is 0.343 e. The van der Waals surface area contributed by atoms with Gasteiger partial charge in [0.15, 0.2) is 23.0 Å². The molecule has 7 heteroatoms. The lowest BCUT2D eigenvalue weighted by Crippen LogP contribution is -2.43. The zero-order valence-corrected chi connectivity index (χ0v) is 18.9. The maximum atomic E-state index is 12.8. The van der Waals surface area contributed by atoms with Crippen molar-refractivity contribution < 1.29 is 28.5 Å². The molecule has 1 N–H and O–H groups in total. The fourth-order valence-electron chi connectivity index (χ4n) is 4.77. The SMILES string of the molecule is COc1ccc(C(=O)OC2=CC[C@@]3(c4ccc(OC)c(OC)c4)CCN[C@H]3C2)cc1OC. The summed E-state index contributed by atoms with van der Waals surface area (Å²) in [6, 6.07) is 11.3. The van der Waals surface area contributed by atoms with E-state index in [-0.39, 0.29) is 11.5 Å². The number of carbonyl (C=O) groups is 1. The lowest BCUT2D eigenvalue weighted by atomic mass is 9.68. The highest BCUT2D eigenvalue weighted by Gasteiger charge is 2.46. The van der Waals surface area contributed by atoms with Crippen LogP contribution < -0.4 is 24.3 Å². The van der Waals surface area contributed by atoms with Crippen LogP contribution in [0.3, 0.4) is 0 Å². The Balaban J connectivity index is 1.55. The second kappa shape index (κ2) is 9.12. The van der Waals surface area contributed by atoms with Gasteiger partial charge in [0.05, 0.1) is 34.0 Å².